The summed E-state index contributed by atoms with van der Waals surface area (Å²) in [5.41, 5.74) is 2.59. The third-order valence-electron chi connectivity index (χ3n) is 7.78. The summed E-state index contributed by atoms with van der Waals surface area (Å²) in [4.78, 5) is 16.1. The van der Waals surface area contributed by atoms with Crippen LogP contribution in [-0.2, 0) is 34.9 Å². The maximum Gasteiger partial charge on any atom is 0.323 e. The van der Waals surface area contributed by atoms with E-state index in [-0.39, 0.29) is 6.61 Å². The predicted octanol–water partition coefficient (Wildman–Crippen LogP) is 2.59. The first-order valence-electron chi connectivity index (χ1n) is 12.4. The number of para-hydroxylation sites is 1. The van der Waals surface area contributed by atoms with Crippen molar-refractivity contribution in [1.82, 2.24) is 10.3 Å². The molecule has 4 aliphatic rings. The summed E-state index contributed by atoms with van der Waals surface area (Å²) >= 11 is 0. The molecule has 188 valence electrons. The Morgan fingerprint density at radius 3 is 2.80 bits per heavy atom. The minimum atomic E-state index is -1.88. The maximum atomic E-state index is 12.6. The highest BCUT2D eigenvalue weighted by molar-refractivity contribution is 5.87. The molecule has 3 N–H and O–H groups in total. The third-order valence-corrected chi connectivity index (χ3v) is 7.78. The molecule has 35 heavy (non-hydrogen) atoms. The molecule has 1 spiro atoms. The molecule has 4 heterocycles. The summed E-state index contributed by atoms with van der Waals surface area (Å²) in [6.07, 6.45) is 4.51. The molecule has 1 aromatic carbocycles. The number of hydrogen-bond donors (Lipinski definition) is 3. The summed E-state index contributed by atoms with van der Waals surface area (Å²) in [6, 6.07) is 6.37. The first-order chi connectivity index (χ1) is 17.0. The van der Waals surface area contributed by atoms with E-state index in [0.717, 1.165) is 54.3 Å². The van der Waals surface area contributed by atoms with E-state index in [4.69, 9.17) is 23.7 Å². The number of fused-ring (bicyclic) bond motifs is 4. The fourth-order valence-electron chi connectivity index (χ4n) is 6.19. The van der Waals surface area contributed by atoms with Gasteiger partial charge in [-0.25, -0.2) is 0 Å². The van der Waals surface area contributed by atoms with Crippen LogP contribution in [0.5, 0.6) is 0 Å². The van der Waals surface area contributed by atoms with Crippen LogP contribution in [0, 0.1) is 0 Å². The topological polar surface area (TPSA) is 111 Å². The van der Waals surface area contributed by atoms with Crippen LogP contribution in [0.1, 0.15) is 49.4 Å². The van der Waals surface area contributed by atoms with Crippen molar-refractivity contribution in [2.75, 3.05) is 13.7 Å². The van der Waals surface area contributed by atoms with Crippen LogP contribution in [0.4, 0.5) is 0 Å². The summed E-state index contributed by atoms with van der Waals surface area (Å²) in [7, 11) is 1.36. The summed E-state index contributed by atoms with van der Waals surface area (Å²) < 4.78 is 30.2. The Bertz CT molecular complexity index is 1130. The van der Waals surface area contributed by atoms with E-state index in [2.05, 4.69) is 16.9 Å². The first-order valence-corrected chi connectivity index (χ1v) is 12.4. The second-order valence-corrected chi connectivity index (χ2v) is 9.89. The highest BCUT2D eigenvalue weighted by Crippen LogP contribution is 2.52. The molecule has 1 aliphatic carbocycles. The number of nitrogens with one attached hydrogen (secondary N) is 2. The molecule has 0 radical (unpaired) electrons. The Balaban J connectivity index is 1.40. The zero-order chi connectivity index (χ0) is 24.2. The zero-order valence-electron chi connectivity index (χ0n) is 19.8. The number of esters is 1. The van der Waals surface area contributed by atoms with E-state index in [9.17, 15) is 9.90 Å². The van der Waals surface area contributed by atoms with Crippen molar-refractivity contribution in [3.05, 3.63) is 48.2 Å². The van der Waals surface area contributed by atoms with Crippen LogP contribution in [-0.4, -0.2) is 65.9 Å². The van der Waals surface area contributed by atoms with Crippen molar-refractivity contribution in [3.8, 4) is 0 Å². The number of carbonyl (C=O) groups excluding carboxylic acids is 1. The Labute approximate surface area is 203 Å². The fraction of sp³-hybridized carbons (Fsp3) is 0.577. The highest BCUT2D eigenvalue weighted by atomic mass is 16.9. The van der Waals surface area contributed by atoms with E-state index >= 15 is 0 Å². The standard InChI is InChI=1S/C26H32N2O7/c1-3-13-32-22-20-24(34-25(33-20)11-7-4-8-12-25)35-26(22,30)21-19-16(14-18(28-21)23(29)31-2)15-9-5-6-10-17(15)27-19/h3,5-6,9-10,18,20-22,24,27-28,30H,1,4,7-8,11-14H2,2H3/t18-,20+,21+,22+,24-,26+/m0/s1. The van der Waals surface area contributed by atoms with Gasteiger partial charge in [0.05, 0.1) is 13.7 Å². The van der Waals surface area contributed by atoms with Gasteiger partial charge >= 0.3 is 5.97 Å². The SMILES string of the molecule is C=CCO[C@@H]1[C@H]2OC3(CCCCC3)O[C@H]2O[C@]1(O)[C@@H]1N[C@H](C(=O)OC)Cc2c1[nH]c1ccccc21. The van der Waals surface area contributed by atoms with E-state index in [1.54, 1.807) is 6.08 Å². The molecule has 9 nitrogen and oxygen atoms in total. The van der Waals surface area contributed by atoms with Crippen LogP contribution >= 0.6 is 0 Å². The molecule has 1 saturated carbocycles. The van der Waals surface area contributed by atoms with Gasteiger partial charge in [0, 0.05) is 35.9 Å². The van der Waals surface area contributed by atoms with Crippen LogP contribution in [0.25, 0.3) is 10.9 Å². The number of aliphatic hydroxyl groups is 1. The van der Waals surface area contributed by atoms with E-state index in [1.165, 1.54) is 7.11 Å². The Hall–Kier alpha value is -2.27. The van der Waals surface area contributed by atoms with E-state index in [0.29, 0.717) is 6.42 Å². The van der Waals surface area contributed by atoms with Gasteiger partial charge in [-0.05, 0) is 24.5 Å². The summed E-state index contributed by atoms with van der Waals surface area (Å²) in [6.45, 7) is 3.96. The molecule has 6 atom stereocenters. The van der Waals surface area contributed by atoms with E-state index in [1.807, 2.05) is 24.3 Å². The van der Waals surface area contributed by atoms with Gasteiger partial charge in [0.2, 0.25) is 5.79 Å². The van der Waals surface area contributed by atoms with Crippen LogP contribution < -0.4 is 5.32 Å². The van der Waals surface area contributed by atoms with Gasteiger partial charge in [-0.15, -0.1) is 6.58 Å². The predicted molar refractivity (Wildman–Crippen MR) is 125 cm³/mol. The first kappa shape index (κ1) is 23.1. The van der Waals surface area contributed by atoms with Gasteiger partial charge in [0.15, 0.2) is 12.1 Å². The fourth-order valence-corrected chi connectivity index (χ4v) is 6.19. The molecule has 0 bridgehead atoms. The quantitative estimate of drug-likeness (QED) is 0.439. The highest BCUT2D eigenvalue weighted by Gasteiger charge is 2.67. The van der Waals surface area contributed by atoms with Crippen molar-refractivity contribution in [2.24, 2.45) is 0 Å². The maximum absolute atomic E-state index is 12.6. The molecular formula is C26H32N2O7. The van der Waals surface area contributed by atoms with Gasteiger partial charge in [-0.1, -0.05) is 30.7 Å². The van der Waals surface area contributed by atoms with Gasteiger partial charge in [-0.2, -0.15) is 0 Å². The number of aromatic nitrogens is 1. The number of ether oxygens (including phenoxy) is 5. The molecule has 1 aromatic heterocycles. The van der Waals surface area contributed by atoms with Crippen molar-refractivity contribution < 1.29 is 33.6 Å². The minimum absolute atomic E-state index is 0.197. The van der Waals surface area contributed by atoms with Crippen molar-refractivity contribution in [1.29, 1.82) is 0 Å². The second kappa shape index (κ2) is 8.69. The number of H-pyrrole nitrogens is 1. The monoisotopic (exact) mass is 484 g/mol. The van der Waals surface area contributed by atoms with Crippen molar-refractivity contribution in [3.63, 3.8) is 0 Å². The largest absolute Gasteiger partial charge is 0.468 e. The third kappa shape index (κ3) is 3.64. The number of benzene rings is 1. The van der Waals surface area contributed by atoms with Crippen LogP contribution in [0.2, 0.25) is 0 Å². The molecule has 0 amide bonds. The normalized spacial score (nSPS) is 35.7. The lowest BCUT2D eigenvalue weighted by molar-refractivity contribution is -0.326. The Morgan fingerprint density at radius 2 is 2.03 bits per heavy atom. The Kier molecular flexibility index (Phi) is 5.75. The Morgan fingerprint density at radius 1 is 1.23 bits per heavy atom. The molecule has 6 rings (SSSR count). The van der Waals surface area contributed by atoms with Crippen LogP contribution in [0.15, 0.2) is 36.9 Å². The van der Waals surface area contributed by atoms with Crippen molar-refractivity contribution in [2.45, 2.75) is 80.7 Å². The van der Waals surface area contributed by atoms with Gasteiger partial charge < -0.3 is 33.8 Å². The number of hydrogen-bond acceptors (Lipinski definition) is 8. The smallest absolute Gasteiger partial charge is 0.323 e. The second-order valence-electron chi connectivity index (χ2n) is 9.89. The molecule has 2 aromatic rings. The number of carbonyl (C=O) groups is 1. The van der Waals surface area contributed by atoms with Gasteiger partial charge in [-0.3, -0.25) is 10.1 Å². The molecule has 0 unspecified atom stereocenters. The van der Waals surface area contributed by atoms with Gasteiger partial charge in [0.25, 0.3) is 0 Å². The lowest BCUT2D eigenvalue weighted by Gasteiger charge is -2.42. The lowest BCUT2D eigenvalue weighted by Crippen LogP contribution is -2.59. The van der Waals surface area contributed by atoms with Crippen LogP contribution in [0.3, 0.4) is 0 Å². The number of rotatable bonds is 5. The molecular weight excluding hydrogens is 452 g/mol. The minimum Gasteiger partial charge on any atom is -0.468 e. The average Bonchev–Trinajstić information content (AvgIpc) is 3.49. The summed E-state index contributed by atoms with van der Waals surface area (Å²) in [5, 5.41) is 16.4. The van der Waals surface area contributed by atoms with E-state index < -0.39 is 48.1 Å². The molecule has 3 fully saturated rings. The lowest BCUT2D eigenvalue weighted by atomic mass is 9.87. The average molecular weight is 485 g/mol. The number of aromatic amines is 1. The molecule has 9 heteroatoms. The number of methoxy groups -OCH3 is 1. The molecule has 2 saturated heterocycles. The molecule has 3 aliphatic heterocycles. The van der Waals surface area contributed by atoms with Gasteiger partial charge in [0.1, 0.15) is 24.3 Å². The van der Waals surface area contributed by atoms with Crippen molar-refractivity contribution >= 4 is 16.9 Å². The summed E-state index contributed by atoms with van der Waals surface area (Å²) in [5.74, 6) is -2.99. The zero-order valence-corrected chi connectivity index (χ0v) is 19.8.